The summed E-state index contributed by atoms with van der Waals surface area (Å²) in [6.07, 6.45) is 2.87. The Bertz CT molecular complexity index is 1130. The molecule has 0 spiro atoms. The smallest absolute Gasteiger partial charge is 0.264 e. The number of thiophene rings is 1. The fourth-order valence-corrected chi connectivity index (χ4v) is 4.23. The van der Waals surface area contributed by atoms with E-state index in [4.69, 9.17) is 0 Å². The molecule has 0 radical (unpaired) electrons. The van der Waals surface area contributed by atoms with Gasteiger partial charge < -0.3 is 5.32 Å². The standard InChI is InChI=1S/C20H16N4O2S2/c25-18(22-9-14-5-2-1-3-6-14)11-24-13-21-10-15(20(24)26)19-23-16(12-28-19)17-7-4-8-27-17/h1-8,10,12-13H,9,11H2,(H,22,25). The largest absolute Gasteiger partial charge is 0.350 e. The average molecular weight is 409 g/mol. The maximum atomic E-state index is 12.8. The minimum atomic E-state index is -0.281. The van der Waals surface area contributed by atoms with Gasteiger partial charge in [0.2, 0.25) is 5.91 Å². The first-order valence-corrected chi connectivity index (χ1v) is 10.3. The lowest BCUT2D eigenvalue weighted by Crippen LogP contribution is -2.32. The molecule has 0 aliphatic heterocycles. The van der Waals surface area contributed by atoms with Crippen molar-refractivity contribution in [1.82, 2.24) is 19.9 Å². The molecule has 3 heterocycles. The lowest BCUT2D eigenvalue weighted by Gasteiger charge is -2.08. The molecule has 1 amide bonds. The molecule has 0 saturated heterocycles. The quantitative estimate of drug-likeness (QED) is 0.530. The Kier molecular flexibility index (Phi) is 5.41. The molecule has 3 aromatic heterocycles. The normalized spacial score (nSPS) is 10.7. The molecule has 28 heavy (non-hydrogen) atoms. The van der Waals surface area contributed by atoms with Crippen LogP contribution in [0.15, 0.2) is 70.5 Å². The lowest BCUT2D eigenvalue weighted by atomic mass is 10.2. The summed E-state index contributed by atoms with van der Waals surface area (Å²) in [7, 11) is 0. The van der Waals surface area contributed by atoms with Crippen molar-refractivity contribution >= 4 is 28.6 Å². The van der Waals surface area contributed by atoms with E-state index in [1.807, 2.05) is 53.2 Å². The highest BCUT2D eigenvalue weighted by Gasteiger charge is 2.14. The minimum absolute atomic E-state index is 0.0876. The number of aromatic nitrogens is 3. The van der Waals surface area contributed by atoms with Crippen molar-refractivity contribution in [3.63, 3.8) is 0 Å². The molecule has 6 nitrogen and oxygen atoms in total. The van der Waals surface area contributed by atoms with Crippen molar-refractivity contribution in [2.75, 3.05) is 0 Å². The van der Waals surface area contributed by atoms with Gasteiger partial charge in [-0.25, -0.2) is 9.97 Å². The molecule has 0 aliphatic rings. The summed E-state index contributed by atoms with van der Waals surface area (Å²) >= 11 is 2.99. The third-order valence-corrected chi connectivity index (χ3v) is 5.82. The van der Waals surface area contributed by atoms with Crippen LogP contribution in [0.5, 0.6) is 0 Å². The van der Waals surface area contributed by atoms with Gasteiger partial charge in [-0.15, -0.1) is 22.7 Å². The molecule has 4 aromatic rings. The zero-order valence-electron chi connectivity index (χ0n) is 14.7. The average Bonchev–Trinajstić information content (AvgIpc) is 3.40. The van der Waals surface area contributed by atoms with Crippen LogP contribution in [-0.2, 0) is 17.9 Å². The molecule has 8 heteroatoms. The van der Waals surface area contributed by atoms with Gasteiger partial charge in [0.25, 0.3) is 5.56 Å². The number of carbonyl (C=O) groups excluding carboxylic acids is 1. The maximum Gasteiger partial charge on any atom is 0.264 e. The number of nitrogens with one attached hydrogen (secondary N) is 1. The van der Waals surface area contributed by atoms with Crippen LogP contribution in [0.3, 0.4) is 0 Å². The SMILES string of the molecule is O=C(Cn1cncc(-c2nc(-c3cccs3)cs2)c1=O)NCc1ccccc1. The molecule has 4 rings (SSSR count). The van der Waals surface area contributed by atoms with Gasteiger partial charge in [0.15, 0.2) is 0 Å². The third kappa shape index (κ3) is 4.08. The van der Waals surface area contributed by atoms with Crippen LogP contribution in [0.25, 0.3) is 21.1 Å². The molecule has 0 aliphatic carbocycles. The van der Waals surface area contributed by atoms with Gasteiger partial charge in [0, 0.05) is 18.1 Å². The van der Waals surface area contributed by atoms with Crippen molar-refractivity contribution in [3.05, 3.63) is 81.7 Å². The molecular weight excluding hydrogens is 392 g/mol. The van der Waals surface area contributed by atoms with Crippen molar-refractivity contribution < 1.29 is 4.79 Å². The van der Waals surface area contributed by atoms with Gasteiger partial charge in [0.1, 0.15) is 11.6 Å². The molecule has 0 bridgehead atoms. The van der Waals surface area contributed by atoms with Crippen LogP contribution in [0.1, 0.15) is 5.56 Å². The van der Waals surface area contributed by atoms with Crippen LogP contribution in [-0.4, -0.2) is 20.4 Å². The summed E-state index contributed by atoms with van der Waals surface area (Å²) in [6.45, 7) is 0.327. The highest BCUT2D eigenvalue weighted by molar-refractivity contribution is 7.15. The molecule has 0 unspecified atom stereocenters. The summed E-state index contributed by atoms with van der Waals surface area (Å²) in [5.41, 5.74) is 1.95. The summed E-state index contributed by atoms with van der Waals surface area (Å²) in [5.74, 6) is -0.247. The topological polar surface area (TPSA) is 76.9 Å². The Balaban J connectivity index is 1.49. The first-order valence-electron chi connectivity index (χ1n) is 8.55. The second-order valence-corrected chi connectivity index (χ2v) is 7.82. The second kappa shape index (κ2) is 8.28. The Hall–Kier alpha value is -3.10. The number of hydrogen-bond donors (Lipinski definition) is 1. The highest BCUT2D eigenvalue weighted by Crippen LogP contribution is 2.29. The zero-order chi connectivity index (χ0) is 19.3. The summed E-state index contributed by atoms with van der Waals surface area (Å²) in [6, 6.07) is 13.6. The van der Waals surface area contributed by atoms with Crippen LogP contribution in [0, 0.1) is 0 Å². The molecule has 0 saturated carbocycles. The van der Waals surface area contributed by atoms with E-state index in [9.17, 15) is 9.59 Å². The van der Waals surface area contributed by atoms with Gasteiger partial charge in [-0.2, -0.15) is 0 Å². The number of nitrogens with zero attached hydrogens (tertiary/aromatic N) is 3. The Morgan fingerprint density at radius 1 is 1.11 bits per heavy atom. The Labute approximate surface area is 169 Å². The molecule has 1 aromatic carbocycles. The van der Waals surface area contributed by atoms with E-state index < -0.39 is 0 Å². The van der Waals surface area contributed by atoms with Crippen LogP contribution in [0.2, 0.25) is 0 Å². The lowest BCUT2D eigenvalue weighted by molar-refractivity contribution is -0.121. The molecule has 140 valence electrons. The number of amides is 1. The zero-order valence-corrected chi connectivity index (χ0v) is 16.4. The van der Waals surface area contributed by atoms with Gasteiger partial charge in [-0.3, -0.25) is 14.2 Å². The van der Waals surface area contributed by atoms with Crippen LogP contribution >= 0.6 is 22.7 Å². The first kappa shape index (κ1) is 18.3. The van der Waals surface area contributed by atoms with E-state index in [0.717, 1.165) is 16.1 Å². The molecular formula is C20H16N4O2S2. The third-order valence-electron chi connectivity index (χ3n) is 4.06. The molecule has 1 N–H and O–H groups in total. The van der Waals surface area contributed by atoms with Gasteiger partial charge >= 0.3 is 0 Å². The van der Waals surface area contributed by atoms with Gasteiger partial charge in [-0.1, -0.05) is 36.4 Å². The molecule has 0 fully saturated rings. The van der Waals surface area contributed by atoms with E-state index in [2.05, 4.69) is 15.3 Å². The number of rotatable bonds is 6. The van der Waals surface area contributed by atoms with Crippen molar-refractivity contribution in [1.29, 1.82) is 0 Å². The number of carbonyl (C=O) groups is 1. The van der Waals surface area contributed by atoms with Crippen molar-refractivity contribution in [2.24, 2.45) is 0 Å². The van der Waals surface area contributed by atoms with E-state index >= 15 is 0 Å². The Morgan fingerprint density at radius 2 is 1.96 bits per heavy atom. The highest BCUT2D eigenvalue weighted by atomic mass is 32.1. The van der Waals surface area contributed by atoms with Crippen LogP contribution in [0.4, 0.5) is 0 Å². The number of hydrogen-bond acceptors (Lipinski definition) is 6. The minimum Gasteiger partial charge on any atom is -0.350 e. The fourth-order valence-electron chi connectivity index (χ4n) is 2.65. The monoisotopic (exact) mass is 408 g/mol. The number of benzene rings is 1. The number of thiazole rings is 1. The van der Waals surface area contributed by atoms with Gasteiger partial charge in [-0.05, 0) is 17.0 Å². The summed E-state index contributed by atoms with van der Waals surface area (Å²) in [5, 5.41) is 7.32. The molecule has 0 atom stereocenters. The summed E-state index contributed by atoms with van der Waals surface area (Å²) in [4.78, 5) is 34.7. The van der Waals surface area contributed by atoms with E-state index in [1.165, 1.54) is 28.4 Å². The maximum absolute atomic E-state index is 12.8. The van der Waals surface area contributed by atoms with Crippen molar-refractivity contribution in [3.8, 4) is 21.1 Å². The van der Waals surface area contributed by atoms with E-state index in [-0.39, 0.29) is 18.0 Å². The van der Waals surface area contributed by atoms with Crippen molar-refractivity contribution in [2.45, 2.75) is 13.1 Å². The van der Waals surface area contributed by atoms with Gasteiger partial charge in [0.05, 0.1) is 22.5 Å². The van der Waals surface area contributed by atoms with E-state index in [0.29, 0.717) is 17.1 Å². The fraction of sp³-hybridized carbons (Fsp3) is 0.100. The predicted octanol–water partition coefficient (Wildman–Crippen LogP) is 3.41. The second-order valence-electron chi connectivity index (χ2n) is 6.02. The summed E-state index contributed by atoms with van der Waals surface area (Å²) < 4.78 is 1.31. The predicted molar refractivity (Wildman–Crippen MR) is 111 cm³/mol. The van der Waals surface area contributed by atoms with Crippen LogP contribution < -0.4 is 10.9 Å². The first-order chi connectivity index (χ1) is 13.7. The Morgan fingerprint density at radius 3 is 2.75 bits per heavy atom. The van der Waals surface area contributed by atoms with E-state index in [1.54, 1.807) is 11.3 Å².